The molecule has 6 nitrogen and oxygen atoms in total. The van der Waals surface area contributed by atoms with Gasteiger partial charge in [-0.05, 0) is 42.8 Å². The number of carbonyl (C=O) groups is 2. The molecule has 2 aromatic rings. The van der Waals surface area contributed by atoms with Crippen molar-refractivity contribution in [3.63, 3.8) is 0 Å². The van der Waals surface area contributed by atoms with Crippen molar-refractivity contribution >= 4 is 29.4 Å². The van der Waals surface area contributed by atoms with E-state index in [-0.39, 0.29) is 11.8 Å². The maximum Gasteiger partial charge on any atom is 0.319 e. The van der Waals surface area contributed by atoms with Crippen molar-refractivity contribution in [2.45, 2.75) is 44.7 Å². The minimum atomic E-state index is -0.393. The van der Waals surface area contributed by atoms with Crippen molar-refractivity contribution in [3.05, 3.63) is 59.7 Å². The van der Waals surface area contributed by atoms with E-state index in [1.165, 1.54) is 30.2 Å². The highest BCUT2D eigenvalue weighted by Crippen LogP contribution is 2.26. The van der Waals surface area contributed by atoms with Crippen molar-refractivity contribution in [3.8, 4) is 0 Å². The number of amides is 3. The molecule has 162 valence electrons. The molecule has 0 aliphatic heterocycles. The molecule has 0 saturated carbocycles. The fraction of sp³-hybridized carbons (Fsp3) is 0.391. The van der Waals surface area contributed by atoms with E-state index in [9.17, 15) is 9.59 Å². The van der Waals surface area contributed by atoms with Gasteiger partial charge in [0, 0.05) is 18.0 Å². The van der Waals surface area contributed by atoms with Crippen molar-refractivity contribution in [2.75, 3.05) is 24.2 Å². The van der Waals surface area contributed by atoms with Gasteiger partial charge in [-0.25, -0.2) is 4.79 Å². The first-order chi connectivity index (χ1) is 14.5. The second-order valence-electron chi connectivity index (χ2n) is 7.10. The molecule has 0 unspecified atom stereocenters. The van der Waals surface area contributed by atoms with Crippen LogP contribution in [0.3, 0.4) is 0 Å². The van der Waals surface area contributed by atoms with E-state index in [2.05, 4.69) is 41.5 Å². The van der Waals surface area contributed by atoms with E-state index in [0.717, 1.165) is 30.1 Å². The van der Waals surface area contributed by atoms with Gasteiger partial charge in [0.05, 0.1) is 11.4 Å². The molecule has 0 spiro atoms. The lowest BCUT2D eigenvalue weighted by Gasteiger charge is -2.20. The van der Waals surface area contributed by atoms with Gasteiger partial charge < -0.3 is 16.4 Å². The maximum absolute atomic E-state index is 12.4. The summed E-state index contributed by atoms with van der Waals surface area (Å²) in [6.07, 6.45) is 2.40. The van der Waals surface area contributed by atoms with Crippen LogP contribution >= 0.6 is 11.8 Å². The fourth-order valence-electron chi connectivity index (χ4n) is 3.02. The fourth-order valence-corrected chi connectivity index (χ4v) is 3.77. The normalized spacial score (nSPS) is 10.8. The highest BCUT2D eigenvalue weighted by atomic mass is 32.2. The average molecular weight is 429 g/mol. The largest absolute Gasteiger partial charge is 0.369 e. The summed E-state index contributed by atoms with van der Waals surface area (Å²) < 4.78 is 0. The minimum Gasteiger partial charge on any atom is -0.369 e. The zero-order valence-electron chi connectivity index (χ0n) is 17.8. The first-order valence-electron chi connectivity index (χ1n) is 10.4. The van der Waals surface area contributed by atoms with Crippen LogP contribution in [0.2, 0.25) is 0 Å². The predicted molar refractivity (Wildman–Crippen MR) is 125 cm³/mol. The Kier molecular flexibility index (Phi) is 10.2. The molecule has 7 heteroatoms. The molecule has 0 atom stereocenters. The lowest BCUT2D eigenvalue weighted by atomic mass is 10.1. The molecular formula is C23H32N4O2S. The van der Waals surface area contributed by atoms with Crippen LogP contribution in [-0.4, -0.2) is 35.7 Å². The van der Waals surface area contributed by atoms with Gasteiger partial charge in [-0.2, -0.15) is 0 Å². The molecule has 0 heterocycles. The second-order valence-corrected chi connectivity index (χ2v) is 8.12. The molecule has 2 aromatic carbocycles. The summed E-state index contributed by atoms with van der Waals surface area (Å²) in [6, 6.07) is 15.4. The Bertz CT molecular complexity index is 828. The van der Waals surface area contributed by atoms with E-state index in [1.807, 2.05) is 30.3 Å². The molecule has 4 N–H and O–H groups in total. The number of carbonyl (C=O) groups excluding carboxylic acids is 2. The van der Waals surface area contributed by atoms with Crippen LogP contribution < -0.4 is 16.4 Å². The Morgan fingerprint density at radius 2 is 1.83 bits per heavy atom. The Hall–Kier alpha value is -2.51. The van der Waals surface area contributed by atoms with Crippen LogP contribution in [0.5, 0.6) is 0 Å². The first-order valence-corrected chi connectivity index (χ1v) is 11.4. The lowest BCUT2D eigenvalue weighted by Crippen LogP contribution is -2.28. The summed E-state index contributed by atoms with van der Waals surface area (Å²) in [5.74, 6) is -0.226. The standard InChI is InChI=1S/C23H32N4O2S/c1-3-5-13-27(4-2)16-19-10-8-9-18(14-19)15-25-23(29)26-20-11-6-7-12-21(20)30-17-22(24)28/h6-12,14H,3-5,13,15-17H2,1-2H3,(H2,24,28)(H2,25,26,29). The van der Waals surface area contributed by atoms with Crippen molar-refractivity contribution in [1.29, 1.82) is 0 Å². The third kappa shape index (κ3) is 8.47. The highest BCUT2D eigenvalue weighted by Gasteiger charge is 2.09. The summed E-state index contributed by atoms with van der Waals surface area (Å²) in [7, 11) is 0. The van der Waals surface area contributed by atoms with Gasteiger partial charge in [0.25, 0.3) is 0 Å². The van der Waals surface area contributed by atoms with Crippen LogP contribution in [0.4, 0.5) is 10.5 Å². The average Bonchev–Trinajstić information content (AvgIpc) is 2.74. The number of primary amides is 1. The van der Waals surface area contributed by atoms with Gasteiger partial charge in [-0.3, -0.25) is 9.69 Å². The van der Waals surface area contributed by atoms with Gasteiger partial charge in [0.15, 0.2) is 0 Å². The summed E-state index contributed by atoms with van der Waals surface area (Å²) in [5.41, 5.74) is 8.18. The molecule has 0 fully saturated rings. The van der Waals surface area contributed by atoms with Crippen LogP contribution in [0.15, 0.2) is 53.4 Å². The van der Waals surface area contributed by atoms with E-state index in [4.69, 9.17) is 5.73 Å². The van der Waals surface area contributed by atoms with E-state index >= 15 is 0 Å². The number of unbranched alkanes of at least 4 members (excludes halogenated alkanes) is 1. The minimum absolute atomic E-state index is 0.167. The van der Waals surface area contributed by atoms with Gasteiger partial charge >= 0.3 is 6.03 Å². The smallest absolute Gasteiger partial charge is 0.319 e. The number of urea groups is 1. The van der Waals surface area contributed by atoms with Gasteiger partial charge in [0.1, 0.15) is 0 Å². The molecule has 0 radical (unpaired) electrons. The number of anilines is 1. The number of rotatable bonds is 12. The van der Waals surface area contributed by atoms with Gasteiger partial charge in [0.2, 0.25) is 5.91 Å². The predicted octanol–water partition coefficient (Wildman–Crippen LogP) is 4.21. The van der Waals surface area contributed by atoms with E-state index in [1.54, 1.807) is 6.07 Å². The number of nitrogens with one attached hydrogen (secondary N) is 2. The first kappa shape index (κ1) is 23.8. The lowest BCUT2D eigenvalue weighted by molar-refractivity contribution is -0.115. The molecule has 2 rings (SSSR count). The van der Waals surface area contributed by atoms with Crippen molar-refractivity contribution in [2.24, 2.45) is 5.73 Å². The van der Waals surface area contributed by atoms with Crippen LogP contribution in [0.25, 0.3) is 0 Å². The molecule has 0 aliphatic rings. The quantitative estimate of drug-likeness (QED) is 0.442. The molecular weight excluding hydrogens is 396 g/mol. The van der Waals surface area contributed by atoms with Crippen LogP contribution in [0, 0.1) is 0 Å². The Morgan fingerprint density at radius 1 is 1.07 bits per heavy atom. The summed E-state index contributed by atoms with van der Waals surface area (Å²) >= 11 is 1.31. The third-order valence-electron chi connectivity index (χ3n) is 4.63. The number of benzene rings is 2. The SMILES string of the molecule is CCCCN(CC)Cc1cccc(CNC(=O)Nc2ccccc2SCC(N)=O)c1. The number of hydrogen-bond donors (Lipinski definition) is 3. The second kappa shape index (κ2) is 12.9. The zero-order valence-corrected chi connectivity index (χ0v) is 18.6. The number of nitrogens with two attached hydrogens (primary N) is 1. The molecule has 3 amide bonds. The van der Waals surface area contributed by atoms with E-state index in [0.29, 0.717) is 12.2 Å². The molecule has 30 heavy (non-hydrogen) atoms. The summed E-state index contributed by atoms with van der Waals surface area (Å²) in [6.45, 7) is 7.88. The number of thioether (sulfide) groups is 1. The molecule has 0 saturated heterocycles. The van der Waals surface area contributed by atoms with Gasteiger partial charge in [-0.15, -0.1) is 11.8 Å². The van der Waals surface area contributed by atoms with Crippen molar-refractivity contribution in [1.82, 2.24) is 10.2 Å². The monoisotopic (exact) mass is 428 g/mol. The number of hydrogen-bond acceptors (Lipinski definition) is 4. The highest BCUT2D eigenvalue weighted by molar-refractivity contribution is 8.00. The van der Waals surface area contributed by atoms with Crippen LogP contribution in [0.1, 0.15) is 37.8 Å². The van der Waals surface area contributed by atoms with Crippen molar-refractivity contribution < 1.29 is 9.59 Å². The Labute approximate surface area is 183 Å². The molecule has 0 aromatic heterocycles. The zero-order chi connectivity index (χ0) is 21.8. The Balaban J connectivity index is 1.90. The van der Waals surface area contributed by atoms with Crippen LogP contribution in [-0.2, 0) is 17.9 Å². The molecule has 0 bridgehead atoms. The number of nitrogens with zero attached hydrogens (tertiary/aromatic N) is 1. The summed E-state index contributed by atoms with van der Waals surface area (Å²) in [4.78, 5) is 26.6. The number of para-hydroxylation sites is 1. The maximum atomic E-state index is 12.4. The summed E-state index contributed by atoms with van der Waals surface area (Å²) in [5, 5.41) is 5.76. The Morgan fingerprint density at radius 3 is 2.57 bits per heavy atom. The third-order valence-corrected chi connectivity index (χ3v) is 5.73. The van der Waals surface area contributed by atoms with Gasteiger partial charge in [-0.1, -0.05) is 56.7 Å². The van der Waals surface area contributed by atoms with E-state index < -0.39 is 5.91 Å². The molecule has 0 aliphatic carbocycles. The topological polar surface area (TPSA) is 87.5 Å².